The minimum absolute atomic E-state index is 0.173. The number of aliphatic hydroxyl groups excluding tert-OH is 1. The van der Waals surface area contributed by atoms with E-state index in [0.29, 0.717) is 19.0 Å². The van der Waals surface area contributed by atoms with Gasteiger partial charge in [0.25, 0.3) is 0 Å². The minimum Gasteiger partial charge on any atom is -0.396 e. The summed E-state index contributed by atoms with van der Waals surface area (Å²) in [7, 11) is 0. The molecule has 1 rings (SSSR count). The Balaban J connectivity index is 2.22. The number of hydrogen-bond acceptors (Lipinski definition) is 4. The third-order valence-electron chi connectivity index (χ3n) is 2.85. The SMILES string of the molecule is CCCC(CCO)CNC(=O)NCc1ncc(C)s1. The van der Waals surface area contributed by atoms with E-state index >= 15 is 0 Å². The van der Waals surface area contributed by atoms with E-state index in [9.17, 15) is 4.79 Å². The van der Waals surface area contributed by atoms with Crippen molar-refractivity contribution in [2.45, 2.75) is 39.7 Å². The lowest BCUT2D eigenvalue weighted by Gasteiger charge is -2.15. The number of urea groups is 1. The van der Waals surface area contributed by atoms with E-state index in [1.54, 1.807) is 17.5 Å². The van der Waals surface area contributed by atoms with Crippen LogP contribution in [0, 0.1) is 12.8 Å². The van der Waals surface area contributed by atoms with Gasteiger partial charge in [0.1, 0.15) is 5.01 Å². The Labute approximate surface area is 118 Å². The van der Waals surface area contributed by atoms with E-state index in [0.717, 1.165) is 29.1 Å². The third kappa shape index (κ3) is 6.54. The highest BCUT2D eigenvalue weighted by atomic mass is 32.1. The second kappa shape index (κ2) is 8.87. The molecule has 0 aliphatic heterocycles. The van der Waals surface area contributed by atoms with E-state index in [-0.39, 0.29) is 12.6 Å². The van der Waals surface area contributed by atoms with Crippen LogP contribution in [0.2, 0.25) is 0 Å². The number of carbonyl (C=O) groups is 1. The van der Waals surface area contributed by atoms with Gasteiger partial charge in [-0.3, -0.25) is 0 Å². The number of amides is 2. The number of aliphatic hydroxyl groups is 1. The first-order valence-corrected chi connectivity index (χ1v) is 7.51. The van der Waals surface area contributed by atoms with Crippen molar-refractivity contribution in [3.05, 3.63) is 16.1 Å². The van der Waals surface area contributed by atoms with Crippen molar-refractivity contribution in [2.24, 2.45) is 5.92 Å². The Hall–Kier alpha value is -1.14. The van der Waals surface area contributed by atoms with Gasteiger partial charge in [-0.25, -0.2) is 9.78 Å². The molecule has 0 saturated carbocycles. The van der Waals surface area contributed by atoms with Gasteiger partial charge in [-0.05, 0) is 25.7 Å². The second-order valence-electron chi connectivity index (χ2n) is 4.60. The van der Waals surface area contributed by atoms with Gasteiger partial charge in [0, 0.05) is 24.2 Å². The van der Waals surface area contributed by atoms with Crippen molar-refractivity contribution >= 4 is 17.4 Å². The highest BCUT2D eigenvalue weighted by Crippen LogP contribution is 2.11. The van der Waals surface area contributed by atoms with Gasteiger partial charge in [0.2, 0.25) is 0 Å². The van der Waals surface area contributed by atoms with Gasteiger partial charge in [-0.15, -0.1) is 11.3 Å². The molecule has 0 radical (unpaired) electrons. The molecular formula is C13H23N3O2S. The first-order valence-electron chi connectivity index (χ1n) is 6.69. The molecule has 1 heterocycles. The maximum Gasteiger partial charge on any atom is 0.315 e. The Bertz CT molecular complexity index is 376. The topological polar surface area (TPSA) is 74.2 Å². The average Bonchev–Trinajstić information content (AvgIpc) is 2.80. The van der Waals surface area contributed by atoms with Gasteiger partial charge in [0.15, 0.2) is 0 Å². The maximum atomic E-state index is 11.6. The number of nitrogens with zero attached hydrogens (tertiary/aromatic N) is 1. The lowest BCUT2D eigenvalue weighted by molar-refractivity contribution is 0.229. The molecule has 0 bridgehead atoms. The molecule has 2 amide bonds. The average molecular weight is 285 g/mol. The van der Waals surface area contributed by atoms with Gasteiger partial charge >= 0.3 is 6.03 Å². The molecule has 0 aliphatic carbocycles. The van der Waals surface area contributed by atoms with Crippen LogP contribution in [0.1, 0.15) is 36.1 Å². The highest BCUT2D eigenvalue weighted by molar-refractivity contribution is 7.11. The van der Waals surface area contributed by atoms with Crippen molar-refractivity contribution < 1.29 is 9.90 Å². The molecule has 0 aliphatic rings. The molecule has 5 nitrogen and oxygen atoms in total. The highest BCUT2D eigenvalue weighted by Gasteiger charge is 2.09. The largest absolute Gasteiger partial charge is 0.396 e. The molecular weight excluding hydrogens is 262 g/mol. The minimum atomic E-state index is -0.174. The molecule has 108 valence electrons. The smallest absolute Gasteiger partial charge is 0.315 e. The number of aryl methyl sites for hydroxylation is 1. The van der Waals surface area contributed by atoms with Crippen molar-refractivity contribution in [2.75, 3.05) is 13.2 Å². The normalized spacial score (nSPS) is 12.2. The van der Waals surface area contributed by atoms with Gasteiger partial charge in [0.05, 0.1) is 6.54 Å². The van der Waals surface area contributed by atoms with Gasteiger partial charge in [-0.2, -0.15) is 0 Å². The summed E-state index contributed by atoms with van der Waals surface area (Å²) in [5.41, 5.74) is 0. The predicted molar refractivity (Wildman–Crippen MR) is 77.2 cm³/mol. The summed E-state index contributed by atoms with van der Waals surface area (Å²) in [6, 6.07) is -0.174. The fourth-order valence-corrected chi connectivity index (χ4v) is 2.60. The molecule has 1 aromatic rings. The summed E-state index contributed by atoms with van der Waals surface area (Å²) in [4.78, 5) is 17.0. The Kier molecular flexibility index (Phi) is 7.43. The lowest BCUT2D eigenvalue weighted by atomic mass is 10.0. The summed E-state index contributed by atoms with van der Waals surface area (Å²) in [5, 5.41) is 15.5. The van der Waals surface area contributed by atoms with Gasteiger partial charge < -0.3 is 15.7 Å². The zero-order valence-electron chi connectivity index (χ0n) is 11.6. The van der Waals surface area contributed by atoms with Crippen molar-refractivity contribution in [1.29, 1.82) is 0 Å². The number of thiazole rings is 1. The summed E-state index contributed by atoms with van der Waals surface area (Å²) in [6.07, 6.45) is 4.62. The van der Waals surface area contributed by atoms with Crippen LogP contribution in [-0.4, -0.2) is 29.3 Å². The Morgan fingerprint density at radius 1 is 1.47 bits per heavy atom. The summed E-state index contributed by atoms with van der Waals surface area (Å²) in [5.74, 6) is 0.350. The van der Waals surface area contributed by atoms with Crippen LogP contribution in [-0.2, 0) is 6.54 Å². The van der Waals surface area contributed by atoms with Crippen molar-refractivity contribution in [3.63, 3.8) is 0 Å². The quantitative estimate of drug-likeness (QED) is 0.684. The van der Waals surface area contributed by atoms with Crippen LogP contribution in [0.3, 0.4) is 0 Å². The lowest BCUT2D eigenvalue weighted by Crippen LogP contribution is -2.38. The zero-order chi connectivity index (χ0) is 14.1. The van der Waals surface area contributed by atoms with Crippen LogP contribution >= 0.6 is 11.3 Å². The standard InChI is InChI=1S/C13H23N3O2S/c1-3-4-11(5-6-17)8-15-13(18)16-9-12-14-7-10(2)19-12/h7,11,17H,3-6,8-9H2,1-2H3,(H2,15,16,18). The van der Waals surface area contributed by atoms with Gasteiger partial charge in [-0.1, -0.05) is 13.3 Å². The molecule has 3 N–H and O–H groups in total. The number of carbonyl (C=O) groups excluding carboxylic acids is 1. The fraction of sp³-hybridized carbons (Fsp3) is 0.692. The van der Waals surface area contributed by atoms with Crippen molar-refractivity contribution in [3.8, 4) is 0 Å². The maximum absolute atomic E-state index is 11.6. The molecule has 0 aromatic carbocycles. The molecule has 0 fully saturated rings. The number of nitrogens with one attached hydrogen (secondary N) is 2. The van der Waals surface area contributed by atoms with E-state index in [2.05, 4.69) is 22.5 Å². The van der Waals surface area contributed by atoms with Crippen LogP contribution in [0.4, 0.5) is 4.79 Å². The number of rotatable bonds is 8. The molecule has 0 spiro atoms. The Morgan fingerprint density at radius 3 is 2.84 bits per heavy atom. The van der Waals surface area contributed by atoms with Crippen molar-refractivity contribution in [1.82, 2.24) is 15.6 Å². The van der Waals surface area contributed by atoms with Crippen LogP contribution < -0.4 is 10.6 Å². The van der Waals surface area contributed by atoms with E-state index < -0.39 is 0 Å². The van der Waals surface area contributed by atoms with Crippen LogP contribution in [0.25, 0.3) is 0 Å². The summed E-state index contributed by atoms with van der Waals surface area (Å²) >= 11 is 1.58. The van der Waals surface area contributed by atoms with Crippen LogP contribution in [0.15, 0.2) is 6.20 Å². The van der Waals surface area contributed by atoms with E-state index in [1.165, 1.54) is 0 Å². The molecule has 19 heavy (non-hydrogen) atoms. The predicted octanol–water partition coefficient (Wildman–Crippen LogP) is 2.05. The molecule has 0 saturated heterocycles. The van der Waals surface area contributed by atoms with E-state index in [1.807, 2.05) is 6.92 Å². The molecule has 1 aromatic heterocycles. The molecule has 6 heteroatoms. The second-order valence-corrected chi connectivity index (χ2v) is 5.91. The van der Waals surface area contributed by atoms with Crippen LogP contribution in [0.5, 0.6) is 0 Å². The first-order chi connectivity index (χ1) is 9.15. The Morgan fingerprint density at radius 2 is 2.26 bits per heavy atom. The summed E-state index contributed by atoms with van der Waals surface area (Å²) < 4.78 is 0. The summed E-state index contributed by atoms with van der Waals surface area (Å²) in [6.45, 7) is 5.34. The first kappa shape index (κ1) is 15.9. The molecule has 1 unspecified atom stereocenters. The number of hydrogen-bond donors (Lipinski definition) is 3. The zero-order valence-corrected chi connectivity index (χ0v) is 12.4. The monoisotopic (exact) mass is 285 g/mol. The molecule has 1 atom stereocenters. The number of aromatic nitrogens is 1. The fourth-order valence-electron chi connectivity index (χ4n) is 1.88. The third-order valence-corrected chi connectivity index (χ3v) is 3.77. The van der Waals surface area contributed by atoms with E-state index in [4.69, 9.17) is 5.11 Å².